The first kappa shape index (κ1) is 11.4. The maximum absolute atomic E-state index is 5.42. The van der Waals surface area contributed by atoms with Gasteiger partial charge in [0, 0.05) is 11.8 Å². The molecule has 17 heavy (non-hydrogen) atoms. The van der Waals surface area contributed by atoms with Crippen molar-refractivity contribution in [3.63, 3.8) is 0 Å². The molecule has 1 fully saturated rings. The van der Waals surface area contributed by atoms with E-state index in [-0.39, 0.29) is 0 Å². The summed E-state index contributed by atoms with van der Waals surface area (Å²) in [4.78, 5) is 3.29. The zero-order chi connectivity index (χ0) is 11.7. The van der Waals surface area contributed by atoms with Crippen LogP contribution in [0.5, 0.6) is 0 Å². The molecule has 1 aromatic carbocycles. The first-order valence-electron chi connectivity index (χ1n) is 6.14. The molecule has 0 aliphatic carbocycles. The topological polar surface area (TPSA) is 20.7 Å². The molecule has 0 saturated carbocycles. The fourth-order valence-corrected chi connectivity index (χ4v) is 4.02. The highest BCUT2D eigenvalue weighted by Gasteiger charge is 2.16. The third kappa shape index (κ3) is 2.29. The van der Waals surface area contributed by atoms with Crippen LogP contribution in [0, 0.1) is 4.77 Å². The molecule has 0 spiro atoms. The highest BCUT2D eigenvalue weighted by atomic mass is 32.2. The van der Waals surface area contributed by atoms with Gasteiger partial charge in [0.25, 0.3) is 0 Å². The second-order valence-electron chi connectivity index (χ2n) is 4.55. The van der Waals surface area contributed by atoms with Crippen molar-refractivity contribution in [1.82, 2.24) is 9.55 Å². The Morgan fingerprint density at radius 3 is 3.06 bits per heavy atom. The van der Waals surface area contributed by atoms with E-state index in [4.69, 9.17) is 12.2 Å². The van der Waals surface area contributed by atoms with Crippen LogP contribution in [-0.2, 0) is 6.54 Å². The third-order valence-electron chi connectivity index (χ3n) is 3.34. The molecular weight excluding hydrogens is 248 g/mol. The molecule has 1 aliphatic rings. The number of nitrogens with zero attached hydrogens (tertiary/aromatic N) is 1. The summed E-state index contributed by atoms with van der Waals surface area (Å²) >= 11 is 7.52. The summed E-state index contributed by atoms with van der Waals surface area (Å²) in [6, 6.07) is 8.37. The van der Waals surface area contributed by atoms with Crippen molar-refractivity contribution in [3.8, 4) is 0 Å². The number of thioether (sulfide) groups is 1. The number of H-pyrrole nitrogens is 1. The van der Waals surface area contributed by atoms with Gasteiger partial charge >= 0.3 is 0 Å². The first-order chi connectivity index (χ1) is 8.34. The second-order valence-corrected chi connectivity index (χ2v) is 6.34. The number of rotatable bonds is 2. The normalized spacial score (nSPS) is 20.8. The Morgan fingerprint density at radius 1 is 1.35 bits per heavy atom. The Balaban J connectivity index is 1.93. The highest BCUT2D eigenvalue weighted by Crippen LogP contribution is 2.27. The zero-order valence-electron chi connectivity index (χ0n) is 9.69. The Kier molecular flexibility index (Phi) is 3.25. The number of nitrogens with one attached hydrogen (secondary N) is 1. The molecule has 3 rings (SSSR count). The van der Waals surface area contributed by atoms with Crippen LogP contribution >= 0.6 is 24.0 Å². The molecule has 1 unspecified atom stereocenters. The van der Waals surface area contributed by atoms with E-state index < -0.39 is 0 Å². The van der Waals surface area contributed by atoms with Crippen molar-refractivity contribution in [2.75, 3.05) is 5.75 Å². The molecule has 0 radical (unpaired) electrons. The van der Waals surface area contributed by atoms with Crippen molar-refractivity contribution in [3.05, 3.63) is 29.0 Å². The standard InChI is InChI=1S/C13H16N2S2/c16-13-14-11-6-1-2-7-12(11)15(13)9-10-5-3-4-8-17-10/h1-2,6-7,10H,3-5,8-9H2,(H,14,16). The summed E-state index contributed by atoms with van der Waals surface area (Å²) in [5.74, 6) is 1.31. The minimum atomic E-state index is 0.731. The molecule has 2 aromatic rings. The average Bonchev–Trinajstić information content (AvgIpc) is 2.68. The summed E-state index contributed by atoms with van der Waals surface area (Å²) in [6.45, 7) is 1.05. The van der Waals surface area contributed by atoms with Gasteiger partial charge in [-0.15, -0.1) is 0 Å². The van der Waals surface area contributed by atoms with Crippen LogP contribution in [-0.4, -0.2) is 20.6 Å². The predicted octanol–water partition coefficient (Wildman–Crippen LogP) is 3.98. The first-order valence-corrected chi connectivity index (χ1v) is 7.59. The largest absolute Gasteiger partial charge is 0.331 e. The minimum absolute atomic E-state index is 0.731. The third-order valence-corrected chi connectivity index (χ3v) is 5.04. The van der Waals surface area contributed by atoms with Gasteiger partial charge < -0.3 is 9.55 Å². The van der Waals surface area contributed by atoms with Crippen LogP contribution in [0.15, 0.2) is 24.3 Å². The number of fused-ring (bicyclic) bond motifs is 1. The van der Waals surface area contributed by atoms with Crippen LogP contribution in [0.1, 0.15) is 19.3 Å². The number of aromatic nitrogens is 2. The Hall–Kier alpha value is -0.740. The van der Waals surface area contributed by atoms with Gasteiger partial charge in [0.2, 0.25) is 0 Å². The van der Waals surface area contributed by atoms with Gasteiger partial charge in [0.05, 0.1) is 11.0 Å². The lowest BCUT2D eigenvalue weighted by Gasteiger charge is -2.21. The smallest absolute Gasteiger partial charge is 0.178 e. The van der Waals surface area contributed by atoms with Crippen LogP contribution in [0.3, 0.4) is 0 Å². The van der Waals surface area contributed by atoms with Gasteiger partial charge in [-0.3, -0.25) is 0 Å². The zero-order valence-corrected chi connectivity index (χ0v) is 11.3. The summed E-state index contributed by atoms with van der Waals surface area (Å²) in [6.07, 6.45) is 4.07. The summed E-state index contributed by atoms with van der Waals surface area (Å²) in [5.41, 5.74) is 2.39. The molecule has 2 nitrogen and oxygen atoms in total. The molecule has 4 heteroatoms. The quantitative estimate of drug-likeness (QED) is 0.828. The molecule has 1 saturated heterocycles. The highest BCUT2D eigenvalue weighted by molar-refractivity contribution is 7.99. The monoisotopic (exact) mass is 264 g/mol. The van der Waals surface area contributed by atoms with Crippen LogP contribution in [0.2, 0.25) is 0 Å². The summed E-state index contributed by atoms with van der Waals surface area (Å²) < 4.78 is 3.12. The number of imidazole rings is 1. The van der Waals surface area contributed by atoms with Crippen molar-refractivity contribution >= 4 is 35.0 Å². The maximum atomic E-state index is 5.42. The molecule has 2 heterocycles. The van der Waals surface area contributed by atoms with Crippen LogP contribution in [0.4, 0.5) is 0 Å². The molecule has 1 aliphatic heterocycles. The molecule has 1 N–H and O–H groups in total. The molecular formula is C13H16N2S2. The lowest BCUT2D eigenvalue weighted by Crippen LogP contribution is -2.16. The lowest BCUT2D eigenvalue weighted by molar-refractivity contribution is 0.588. The van der Waals surface area contributed by atoms with Gasteiger partial charge in [-0.05, 0) is 42.9 Å². The van der Waals surface area contributed by atoms with Gasteiger partial charge in [-0.25, -0.2) is 0 Å². The van der Waals surface area contributed by atoms with Crippen LogP contribution < -0.4 is 0 Å². The molecule has 90 valence electrons. The Labute approximate surface area is 110 Å². The minimum Gasteiger partial charge on any atom is -0.331 e. The second kappa shape index (κ2) is 4.86. The average molecular weight is 264 g/mol. The van der Waals surface area contributed by atoms with Crippen molar-refractivity contribution < 1.29 is 0 Å². The van der Waals surface area contributed by atoms with Gasteiger partial charge in [0.15, 0.2) is 4.77 Å². The fraction of sp³-hybridized carbons (Fsp3) is 0.462. The van der Waals surface area contributed by atoms with E-state index in [1.807, 2.05) is 6.07 Å². The SMILES string of the molecule is S=c1[nH]c2ccccc2n1CC1CCCCS1. The fourth-order valence-electron chi connectivity index (χ4n) is 2.44. The van der Waals surface area contributed by atoms with E-state index in [9.17, 15) is 0 Å². The van der Waals surface area contributed by atoms with Gasteiger partial charge in [-0.2, -0.15) is 11.8 Å². The van der Waals surface area contributed by atoms with E-state index in [0.29, 0.717) is 0 Å². The van der Waals surface area contributed by atoms with Gasteiger partial charge in [0.1, 0.15) is 0 Å². The summed E-state index contributed by atoms with van der Waals surface area (Å²) in [5, 5.41) is 0.731. The van der Waals surface area contributed by atoms with E-state index in [2.05, 4.69) is 39.5 Å². The number of benzene rings is 1. The molecule has 1 aromatic heterocycles. The molecule has 0 amide bonds. The van der Waals surface area contributed by atoms with E-state index >= 15 is 0 Å². The number of hydrogen-bond acceptors (Lipinski definition) is 2. The van der Waals surface area contributed by atoms with Crippen LogP contribution in [0.25, 0.3) is 11.0 Å². The lowest BCUT2D eigenvalue weighted by atomic mass is 10.2. The number of aromatic amines is 1. The number of para-hydroxylation sites is 2. The Bertz CT molecular complexity index is 564. The Morgan fingerprint density at radius 2 is 2.24 bits per heavy atom. The van der Waals surface area contributed by atoms with Gasteiger partial charge in [-0.1, -0.05) is 18.6 Å². The van der Waals surface area contributed by atoms with E-state index in [1.54, 1.807) is 0 Å². The van der Waals surface area contributed by atoms with Crippen molar-refractivity contribution in [2.45, 2.75) is 31.1 Å². The van der Waals surface area contributed by atoms with Crippen molar-refractivity contribution in [1.29, 1.82) is 0 Å². The molecule has 0 bridgehead atoms. The van der Waals surface area contributed by atoms with E-state index in [1.165, 1.54) is 30.5 Å². The van der Waals surface area contributed by atoms with Crippen molar-refractivity contribution in [2.24, 2.45) is 0 Å². The summed E-state index contributed by atoms with van der Waals surface area (Å²) in [7, 11) is 0. The number of hydrogen-bond donors (Lipinski definition) is 1. The molecule has 1 atom stereocenters. The van der Waals surface area contributed by atoms with E-state index in [0.717, 1.165) is 22.1 Å². The predicted molar refractivity (Wildman–Crippen MR) is 77.2 cm³/mol. The maximum Gasteiger partial charge on any atom is 0.178 e.